The summed E-state index contributed by atoms with van der Waals surface area (Å²) >= 11 is 0. The zero-order chi connectivity index (χ0) is 12.3. The highest BCUT2D eigenvalue weighted by Gasteiger charge is 2.20. The van der Waals surface area contributed by atoms with Crippen LogP contribution in [0.15, 0.2) is 11.1 Å². The number of methoxy groups -OCH3 is 1. The van der Waals surface area contributed by atoms with Crippen LogP contribution in [0.3, 0.4) is 0 Å². The number of rotatable bonds is 4. The van der Waals surface area contributed by atoms with E-state index in [1.165, 1.54) is 13.4 Å². The molecule has 90 valence electrons. The highest BCUT2D eigenvalue weighted by molar-refractivity contribution is 5.50. The van der Waals surface area contributed by atoms with Crippen LogP contribution in [0.25, 0.3) is 0 Å². The van der Waals surface area contributed by atoms with Crippen molar-refractivity contribution in [1.82, 2.24) is 9.97 Å². The Labute approximate surface area is 93.9 Å². The van der Waals surface area contributed by atoms with Gasteiger partial charge in [0, 0.05) is 13.6 Å². The van der Waals surface area contributed by atoms with Gasteiger partial charge >= 0.3 is 0 Å². The summed E-state index contributed by atoms with van der Waals surface area (Å²) in [4.78, 5) is 19.6. The number of aliphatic hydroxyl groups is 1. The van der Waals surface area contributed by atoms with E-state index in [-0.39, 0.29) is 11.3 Å². The Hall–Kier alpha value is -1.56. The molecular formula is C10H17N3O3. The van der Waals surface area contributed by atoms with Gasteiger partial charge in [-0.15, -0.1) is 0 Å². The first-order chi connectivity index (χ1) is 7.35. The third kappa shape index (κ3) is 2.96. The number of nitrogens with zero attached hydrogens (tertiary/aromatic N) is 2. The molecule has 0 saturated heterocycles. The van der Waals surface area contributed by atoms with Crippen LogP contribution in [0.2, 0.25) is 0 Å². The van der Waals surface area contributed by atoms with Crippen molar-refractivity contribution in [2.45, 2.75) is 19.4 Å². The summed E-state index contributed by atoms with van der Waals surface area (Å²) in [6, 6.07) is 0. The van der Waals surface area contributed by atoms with Crippen LogP contribution in [0.5, 0.6) is 5.75 Å². The summed E-state index contributed by atoms with van der Waals surface area (Å²) in [6.07, 6.45) is 1.31. The zero-order valence-corrected chi connectivity index (χ0v) is 9.94. The minimum Gasteiger partial charge on any atom is -0.489 e. The lowest BCUT2D eigenvalue weighted by Gasteiger charge is -2.26. The van der Waals surface area contributed by atoms with Gasteiger partial charge in [0.05, 0.1) is 19.0 Å². The number of likely N-dealkylation sites (N-methyl/N-ethyl adjacent to an activating group) is 1. The van der Waals surface area contributed by atoms with E-state index in [1.807, 2.05) is 0 Å². The summed E-state index contributed by atoms with van der Waals surface area (Å²) in [5.41, 5.74) is -1.21. The molecule has 0 unspecified atom stereocenters. The monoisotopic (exact) mass is 227 g/mol. The van der Waals surface area contributed by atoms with Crippen molar-refractivity contribution >= 4 is 5.82 Å². The smallest absolute Gasteiger partial charge is 0.295 e. The second-order valence-electron chi connectivity index (χ2n) is 4.26. The van der Waals surface area contributed by atoms with Crippen LogP contribution in [-0.2, 0) is 0 Å². The Kier molecular flexibility index (Phi) is 3.54. The Morgan fingerprint density at radius 1 is 1.62 bits per heavy atom. The van der Waals surface area contributed by atoms with E-state index >= 15 is 0 Å². The van der Waals surface area contributed by atoms with Gasteiger partial charge in [0.25, 0.3) is 5.56 Å². The molecule has 16 heavy (non-hydrogen) atoms. The largest absolute Gasteiger partial charge is 0.489 e. The minimum absolute atomic E-state index is 0.147. The van der Waals surface area contributed by atoms with Crippen LogP contribution >= 0.6 is 0 Å². The predicted octanol–water partition coefficient (Wildman–Crippen LogP) is -0.0144. The van der Waals surface area contributed by atoms with E-state index in [0.29, 0.717) is 12.4 Å². The van der Waals surface area contributed by atoms with Crippen LogP contribution in [0.4, 0.5) is 5.82 Å². The maximum Gasteiger partial charge on any atom is 0.295 e. The van der Waals surface area contributed by atoms with Gasteiger partial charge in [0.1, 0.15) is 0 Å². The van der Waals surface area contributed by atoms with Gasteiger partial charge in [-0.2, -0.15) is 0 Å². The molecule has 1 aromatic heterocycles. The average Bonchev–Trinajstić information content (AvgIpc) is 2.14. The number of nitrogens with one attached hydrogen (secondary N) is 1. The van der Waals surface area contributed by atoms with Gasteiger partial charge in [-0.05, 0) is 13.8 Å². The second-order valence-corrected chi connectivity index (χ2v) is 4.26. The quantitative estimate of drug-likeness (QED) is 0.756. The van der Waals surface area contributed by atoms with Crippen molar-refractivity contribution in [2.24, 2.45) is 0 Å². The first-order valence-corrected chi connectivity index (χ1v) is 4.90. The molecular weight excluding hydrogens is 210 g/mol. The predicted molar refractivity (Wildman–Crippen MR) is 61.0 cm³/mol. The third-order valence-corrected chi connectivity index (χ3v) is 1.98. The number of anilines is 1. The molecule has 0 aliphatic carbocycles. The SMILES string of the molecule is COc1c(N(C)CC(C)(C)O)nc[nH]c1=O. The number of H-pyrrole nitrogens is 1. The molecule has 1 aromatic rings. The van der Waals surface area contributed by atoms with E-state index in [2.05, 4.69) is 9.97 Å². The molecule has 0 saturated carbocycles. The molecule has 2 N–H and O–H groups in total. The maximum absolute atomic E-state index is 11.4. The van der Waals surface area contributed by atoms with Crippen LogP contribution in [0.1, 0.15) is 13.8 Å². The molecule has 0 aromatic carbocycles. The number of aromatic nitrogens is 2. The summed E-state index contributed by atoms with van der Waals surface area (Å²) in [5.74, 6) is 0.558. The van der Waals surface area contributed by atoms with E-state index < -0.39 is 5.60 Å². The average molecular weight is 227 g/mol. The van der Waals surface area contributed by atoms with Crippen molar-refractivity contribution in [3.8, 4) is 5.75 Å². The van der Waals surface area contributed by atoms with Crippen molar-refractivity contribution in [2.75, 3.05) is 25.6 Å². The van der Waals surface area contributed by atoms with Crippen molar-refractivity contribution in [3.63, 3.8) is 0 Å². The lowest BCUT2D eigenvalue weighted by atomic mass is 10.1. The van der Waals surface area contributed by atoms with Crippen molar-refractivity contribution in [3.05, 3.63) is 16.7 Å². The van der Waals surface area contributed by atoms with Crippen molar-refractivity contribution in [1.29, 1.82) is 0 Å². The number of hydrogen-bond donors (Lipinski definition) is 2. The fraction of sp³-hybridized carbons (Fsp3) is 0.600. The molecule has 0 atom stereocenters. The number of aromatic amines is 1. The van der Waals surface area contributed by atoms with Gasteiger partial charge in [-0.3, -0.25) is 4.79 Å². The number of hydrogen-bond acceptors (Lipinski definition) is 5. The first kappa shape index (κ1) is 12.5. The molecule has 0 bridgehead atoms. The summed E-state index contributed by atoms with van der Waals surface area (Å²) in [6.45, 7) is 3.71. The minimum atomic E-state index is -0.871. The van der Waals surface area contributed by atoms with Crippen LogP contribution in [0, 0.1) is 0 Å². The second kappa shape index (κ2) is 4.52. The molecule has 1 rings (SSSR count). The molecule has 0 fully saturated rings. The normalized spacial score (nSPS) is 11.3. The van der Waals surface area contributed by atoms with E-state index in [4.69, 9.17) is 4.74 Å². The first-order valence-electron chi connectivity index (χ1n) is 4.90. The van der Waals surface area contributed by atoms with Gasteiger partial charge < -0.3 is 19.7 Å². The molecule has 0 aliphatic rings. The van der Waals surface area contributed by atoms with E-state index in [1.54, 1.807) is 25.8 Å². The molecule has 1 heterocycles. The topological polar surface area (TPSA) is 78.5 Å². The Morgan fingerprint density at radius 3 is 2.75 bits per heavy atom. The molecule has 0 aliphatic heterocycles. The summed E-state index contributed by atoms with van der Waals surface area (Å²) in [7, 11) is 3.15. The van der Waals surface area contributed by atoms with Gasteiger partial charge in [-0.25, -0.2) is 4.98 Å². The third-order valence-electron chi connectivity index (χ3n) is 1.98. The lowest BCUT2D eigenvalue weighted by molar-refractivity contribution is 0.0883. The number of ether oxygens (including phenoxy) is 1. The Bertz CT molecular complexity index is 409. The van der Waals surface area contributed by atoms with Gasteiger partial charge in [0.15, 0.2) is 5.82 Å². The van der Waals surface area contributed by atoms with Gasteiger partial charge in [0.2, 0.25) is 5.75 Å². The molecule has 6 nitrogen and oxygen atoms in total. The zero-order valence-electron chi connectivity index (χ0n) is 9.94. The highest BCUT2D eigenvalue weighted by atomic mass is 16.5. The molecule has 0 radical (unpaired) electrons. The molecule has 0 spiro atoms. The van der Waals surface area contributed by atoms with E-state index in [9.17, 15) is 9.90 Å². The van der Waals surface area contributed by atoms with Gasteiger partial charge in [-0.1, -0.05) is 0 Å². The fourth-order valence-electron chi connectivity index (χ4n) is 1.49. The lowest BCUT2D eigenvalue weighted by Crippen LogP contribution is -2.37. The molecule has 0 amide bonds. The highest BCUT2D eigenvalue weighted by Crippen LogP contribution is 2.20. The Morgan fingerprint density at radius 2 is 2.25 bits per heavy atom. The van der Waals surface area contributed by atoms with Crippen LogP contribution in [-0.4, -0.2) is 41.4 Å². The maximum atomic E-state index is 11.4. The van der Waals surface area contributed by atoms with Crippen molar-refractivity contribution < 1.29 is 9.84 Å². The Balaban J connectivity index is 3.04. The molecule has 6 heteroatoms. The van der Waals surface area contributed by atoms with Crippen LogP contribution < -0.4 is 15.2 Å². The van der Waals surface area contributed by atoms with E-state index in [0.717, 1.165) is 0 Å². The summed E-state index contributed by atoms with van der Waals surface area (Å²) < 4.78 is 4.98. The summed E-state index contributed by atoms with van der Waals surface area (Å²) in [5, 5.41) is 9.69. The fourth-order valence-corrected chi connectivity index (χ4v) is 1.49. The standard InChI is InChI=1S/C10H17N3O3/c1-10(2,15)5-13(3)8-7(16-4)9(14)12-6-11-8/h6,15H,5H2,1-4H3,(H,11,12,14).